The summed E-state index contributed by atoms with van der Waals surface area (Å²) in [6.07, 6.45) is 4.82. The minimum absolute atomic E-state index is 0.0604. The van der Waals surface area contributed by atoms with E-state index in [1.165, 1.54) is 11.3 Å². The average Bonchev–Trinajstić information content (AvgIpc) is 3.62. The molecule has 172 valence electrons. The van der Waals surface area contributed by atoms with Gasteiger partial charge in [-0.2, -0.15) is 0 Å². The highest BCUT2D eigenvalue weighted by molar-refractivity contribution is 7.17. The van der Waals surface area contributed by atoms with E-state index in [4.69, 9.17) is 14.0 Å². The standard InChI is InChI=1S/C24H25N3O5S/c1-30-15-9-7-14(8-10-15)19-12-18(27-32-19)22(28)26-24-21(17-5-2-6-20(17)33-24)23(29)25-13-16-4-3-11-31-16/h7-10,12,16H,2-6,11,13H2,1H3,(H,25,29)(H,26,28). The van der Waals surface area contributed by atoms with E-state index in [0.29, 0.717) is 22.9 Å². The molecule has 5 rings (SSSR count). The monoisotopic (exact) mass is 467 g/mol. The number of amides is 2. The van der Waals surface area contributed by atoms with Crippen molar-refractivity contribution in [3.63, 3.8) is 0 Å². The summed E-state index contributed by atoms with van der Waals surface area (Å²) >= 11 is 1.47. The first kappa shape index (κ1) is 21.7. The van der Waals surface area contributed by atoms with Gasteiger partial charge in [0, 0.05) is 29.7 Å². The number of methoxy groups -OCH3 is 1. The number of thiophene rings is 1. The van der Waals surface area contributed by atoms with Gasteiger partial charge in [0.2, 0.25) is 0 Å². The number of nitrogens with zero attached hydrogens (tertiary/aromatic N) is 1. The molecular weight excluding hydrogens is 442 g/mol. The first-order valence-corrected chi connectivity index (χ1v) is 11.9. The van der Waals surface area contributed by atoms with E-state index in [0.717, 1.165) is 60.5 Å². The lowest BCUT2D eigenvalue weighted by atomic mass is 10.1. The zero-order chi connectivity index (χ0) is 22.8. The number of hydrogen-bond donors (Lipinski definition) is 2. The Morgan fingerprint density at radius 3 is 2.79 bits per heavy atom. The van der Waals surface area contributed by atoms with E-state index in [2.05, 4.69) is 15.8 Å². The third-order valence-corrected chi connectivity index (χ3v) is 7.21. The molecule has 1 atom stereocenters. The summed E-state index contributed by atoms with van der Waals surface area (Å²) in [6, 6.07) is 8.89. The number of nitrogens with one attached hydrogen (secondary N) is 2. The molecule has 2 N–H and O–H groups in total. The Morgan fingerprint density at radius 2 is 2.03 bits per heavy atom. The average molecular weight is 468 g/mol. The van der Waals surface area contributed by atoms with Crippen molar-refractivity contribution in [1.29, 1.82) is 0 Å². The molecule has 0 bridgehead atoms. The summed E-state index contributed by atoms with van der Waals surface area (Å²) in [6.45, 7) is 1.22. The molecule has 9 heteroatoms. The van der Waals surface area contributed by atoms with Crippen LogP contribution in [-0.4, -0.2) is 43.3 Å². The topological polar surface area (TPSA) is 103 Å². The predicted octanol–water partition coefficient (Wildman–Crippen LogP) is 4.06. The molecule has 1 fully saturated rings. The number of benzene rings is 1. The van der Waals surface area contributed by atoms with Gasteiger partial charge in [0.25, 0.3) is 11.8 Å². The number of hydrogen-bond acceptors (Lipinski definition) is 7. The van der Waals surface area contributed by atoms with Crippen molar-refractivity contribution >= 4 is 28.2 Å². The number of aryl methyl sites for hydroxylation is 1. The van der Waals surface area contributed by atoms with Crippen LogP contribution in [0.3, 0.4) is 0 Å². The molecular formula is C24H25N3O5S. The molecule has 3 heterocycles. The smallest absolute Gasteiger partial charge is 0.278 e. The van der Waals surface area contributed by atoms with Crippen LogP contribution in [0.5, 0.6) is 5.75 Å². The van der Waals surface area contributed by atoms with Crippen molar-refractivity contribution < 1.29 is 23.6 Å². The lowest BCUT2D eigenvalue weighted by molar-refractivity contribution is 0.0858. The molecule has 0 radical (unpaired) electrons. The normalized spacial score (nSPS) is 17.1. The van der Waals surface area contributed by atoms with Gasteiger partial charge < -0.3 is 24.6 Å². The van der Waals surface area contributed by atoms with Crippen LogP contribution in [0.2, 0.25) is 0 Å². The summed E-state index contributed by atoms with van der Waals surface area (Å²) in [5.41, 5.74) is 2.55. The fourth-order valence-corrected chi connectivity index (χ4v) is 5.56. The van der Waals surface area contributed by atoms with Crippen molar-refractivity contribution in [2.24, 2.45) is 0 Å². The largest absolute Gasteiger partial charge is 0.497 e. The molecule has 1 aliphatic heterocycles. The molecule has 8 nitrogen and oxygen atoms in total. The van der Waals surface area contributed by atoms with Crippen LogP contribution in [0, 0.1) is 0 Å². The van der Waals surface area contributed by atoms with Gasteiger partial charge in [-0.15, -0.1) is 11.3 Å². The van der Waals surface area contributed by atoms with Crippen LogP contribution in [0.4, 0.5) is 5.00 Å². The van der Waals surface area contributed by atoms with Gasteiger partial charge in [-0.3, -0.25) is 9.59 Å². The van der Waals surface area contributed by atoms with Gasteiger partial charge in [0.1, 0.15) is 10.8 Å². The predicted molar refractivity (Wildman–Crippen MR) is 124 cm³/mol. The highest BCUT2D eigenvalue weighted by atomic mass is 32.1. The van der Waals surface area contributed by atoms with Crippen molar-refractivity contribution in [3.8, 4) is 17.1 Å². The summed E-state index contributed by atoms with van der Waals surface area (Å²) in [5, 5.41) is 10.4. The zero-order valence-electron chi connectivity index (χ0n) is 18.3. The second kappa shape index (κ2) is 9.36. The van der Waals surface area contributed by atoms with Crippen molar-refractivity contribution in [2.45, 2.75) is 38.2 Å². The number of carbonyl (C=O) groups is 2. The van der Waals surface area contributed by atoms with Gasteiger partial charge in [0.05, 0.1) is 18.8 Å². The third kappa shape index (κ3) is 4.51. The van der Waals surface area contributed by atoms with Crippen molar-refractivity contribution in [1.82, 2.24) is 10.5 Å². The Morgan fingerprint density at radius 1 is 1.18 bits per heavy atom. The highest BCUT2D eigenvalue weighted by Gasteiger charge is 2.29. The number of ether oxygens (including phenoxy) is 2. The lowest BCUT2D eigenvalue weighted by Gasteiger charge is -2.12. The molecule has 1 saturated heterocycles. The molecule has 33 heavy (non-hydrogen) atoms. The second-order valence-corrected chi connectivity index (χ2v) is 9.27. The molecule has 0 spiro atoms. The molecule has 1 aromatic carbocycles. The Kier molecular flexibility index (Phi) is 6.15. The van der Waals surface area contributed by atoms with Gasteiger partial charge in [-0.05, 0) is 61.9 Å². The first-order chi connectivity index (χ1) is 16.1. The van der Waals surface area contributed by atoms with Crippen LogP contribution >= 0.6 is 11.3 Å². The number of carbonyl (C=O) groups excluding carboxylic acids is 2. The van der Waals surface area contributed by atoms with Crippen LogP contribution in [0.25, 0.3) is 11.3 Å². The van der Waals surface area contributed by atoms with Crippen LogP contribution < -0.4 is 15.4 Å². The molecule has 3 aromatic rings. The first-order valence-electron chi connectivity index (χ1n) is 11.1. The minimum Gasteiger partial charge on any atom is -0.497 e. The quantitative estimate of drug-likeness (QED) is 0.543. The van der Waals surface area contributed by atoms with Crippen LogP contribution in [0.15, 0.2) is 34.9 Å². The summed E-state index contributed by atoms with van der Waals surface area (Å²) in [4.78, 5) is 27.1. The summed E-state index contributed by atoms with van der Waals surface area (Å²) in [5.74, 6) is 0.629. The maximum atomic E-state index is 13.0. The second-order valence-electron chi connectivity index (χ2n) is 8.17. The van der Waals surface area contributed by atoms with Crippen molar-refractivity contribution in [2.75, 3.05) is 25.6 Å². The van der Waals surface area contributed by atoms with E-state index in [1.807, 2.05) is 24.3 Å². The van der Waals surface area contributed by atoms with Crippen molar-refractivity contribution in [3.05, 3.63) is 52.0 Å². The number of rotatable bonds is 7. The summed E-state index contributed by atoms with van der Waals surface area (Å²) < 4.78 is 16.2. The maximum Gasteiger partial charge on any atom is 0.278 e. The molecule has 0 saturated carbocycles. The Balaban J connectivity index is 1.32. The van der Waals surface area contributed by atoms with Gasteiger partial charge in [-0.1, -0.05) is 5.16 Å². The van der Waals surface area contributed by atoms with E-state index in [9.17, 15) is 9.59 Å². The number of aromatic nitrogens is 1. The lowest BCUT2D eigenvalue weighted by Crippen LogP contribution is -2.32. The van der Waals surface area contributed by atoms with E-state index in [1.54, 1.807) is 13.2 Å². The van der Waals surface area contributed by atoms with Gasteiger partial charge >= 0.3 is 0 Å². The summed E-state index contributed by atoms with van der Waals surface area (Å²) in [7, 11) is 1.60. The number of anilines is 1. The van der Waals surface area contributed by atoms with Crippen LogP contribution in [-0.2, 0) is 17.6 Å². The zero-order valence-corrected chi connectivity index (χ0v) is 19.1. The maximum absolute atomic E-state index is 13.0. The Bertz CT molecular complexity index is 1160. The SMILES string of the molecule is COc1ccc(-c2cc(C(=O)Nc3sc4c(c3C(=O)NCC3CCCO3)CCC4)no2)cc1. The number of fused-ring (bicyclic) bond motifs is 1. The van der Waals surface area contributed by atoms with Gasteiger partial charge in [0.15, 0.2) is 11.5 Å². The molecule has 1 aliphatic carbocycles. The fraction of sp³-hybridized carbons (Fsp3) is 0.375. The molecule has 1 unspecified atom stereocenters. The van der Waals surface area contributed by atoms with E-state index >= 15 is 0 Å². The Hall–Kier alpha value is -3.17. The van der Waals surface area contributed by atoms with E-state index in [-0.39, 0.29) is 17.7 Å². The van der Waals surface area contributed by atoms with Crippen LogP contribution in [0.1, 0.15) is 50.5 Å². The minimum atomic E-state index is -0.411. The molecule has 2 aliphatic rings. The van der Waals surface area contributed by atoms with E-state index < -0.39 is 5.91 Å². The third-order valence-electron chi connectivity index (χ3n) is 6.01. The Labute approximate surface area is 195 Å². The highest BCUT2D eigenvalue weighted by Crippen LogP contribution is 2.39. The fourth-order valence-electron chi connectivity index (χ4n) is 4.27. The molecule has 2 amide bonds. The molecule has 2 aromatic heterocycles. The van der Waals surface area contributed by atoms with Gasteiger partial charge in [-0.25, -0.2) is 0 Å².